The molecule has 6 atom stereocenters. The first-order valence-corrected chi connectivity index (χ1v) is 19.6. The normalized spacial score (nSPS) is 35.4. The minimum atomic E-state index is -4.66. The number of benzene rings is 2. The smallest absolute Gasteiger partial charge is 0.338 e. The first-order valence-electron chi connectivity index (χ1n) is 17.7. The minimum absolute atomic E-state index is 0.0139. The average molecular weight is 721 g/mol. The van der Waals surface area contributed by atoms with E-state index < -0.39 is 62.3 Å². The second-order valence-electron chi connectivity index (χ2n) is 17.0. The maximum absolute atomic E-state index is 15.8. The molecule has 0 amide bonds. The summed E-state index contributed by atoms with van der Waals surface area (Å²) in [7, 11) is -3.37. The first-order chi connectivity index (χ1) is 23.1. The van der Waals surface area contributed by atoms with Crippen molar-refractivity contribution in [3.8, 4) is 11.1 Å². The number of sulfone groups is 1. The van der Waals surface area contributed by atoms with Crippen molar-refractivity contribution in [2.75, 3.05) is 19.5 Å². The van der Waals surface area contributed by atoms with E-state index in [-0.39, 0.29) is 42.4 Å². The fourth-order valence-corrected chi connectivity index (χ4v) is 10.9. The van der Waals surface area contributed by atoms with Crippen molar-refractivity contribution < 1.29 is 45.7 Å². The highest BCUT2D eigenvalue weighted by molar-refractivity contribution is 7.90. The Morgan fingerprint density at radius 2 is 1.42 bits per heavy atom. The summed E-state index contributed by atoms with van der Waals surface area (Å²) in [6.45, 7) is 6.88. The standard InChI is InChI=1S/C39H48F4O6S/c1-33(2)22-48-37(49-23-33)18-15-31-32-28(14-17-36(31,44)21-37)30-16-19-38(45,39(42,43)35(4,40)41)34(30,3)20-29(32)26-8-6-24(7-9-26)25-10-12-27(13-11-25)50(5,46)47/h6-13,28-30,44-45H,14-23H2,1-5H3/t28?,29?,30?,34?,36-,38+/m1/s1. The van der Waals surface area contributed by atoms with Gasteiger partial charge in [0.1, 0.15) is 5.60 Å². The molecule has 11 heteroatoms. The Kier molecular flexibility index (Phi) is 8.18. The zero-order chi connectivity index (χ0) is 36.3. The van der Waals surface area contributed by atoms with E-state index in [9.17, 15) is 27.4 Å². The van der Waals surface area contributed by atoms with Crippen molar-refractivity contribution in [1.29, 1.82) is 0 Å². The topological polar surface area (TPSA) is 93.1 Å². The summed E-state index contributed by atoms with van der Waals surface area (Å²) in [5.74, 6) is -11.3. The van der Waals surface area contributed by atoms with Crippen molar-refractivity contribution >= 4 is 9.84 Å². The lowest BCUT2D eigenvalue weighted by Crippen LogP contribution is -2.66. The first kappa shape index (κ1) is 36.1. The van der Waals surface area contributed by atoms with E-state index in [0.29, 0.717) is 38.9 Å². The third-order valence-electron chi connectivity index (χ3n) is 13.0. The number of alkyl halides is 4. The van der Waals surface area contributed by atoms with Crippen LogP contribution in [0.2, 0.25) is 0 Å². The summed E-state index contributed by atoms with van der Waals surface area (Å²) in [5, 5.41) is 24.3. The lowest BCUT2D eigenvalue weighted by atomic mass is 9.49. The van der Waals surface area contributed by atoms with Gasteiger partial charge in [-0.05, 0) is 84.8 Å². The van der Waals surface area contributed by atoms with Crippen LogP contribution in [-0.4, -0.2) is 66.9 Å². The number of aliphatic hydroxyl groups is 2. The Bertz CT molecular complexity index is 1790. The fourth-order valence-electron chi connectivity index (χ4n) is 10.2. The second kappa shape index (κ2) is 11.3. The van der Waals surface area contributed by atoms with E-state index in [1.165, 1.54) is 0 Å². The molecule has 1 spiro atoms. The Hall–Kier alpha value is -2.31. The summed E-state index contributed by atoms with van der Waals surface area (Å²) in [6.07, 6.45) is 2.98. The van der Waals surface area contributed by atoms with Crippen LogP contribution in [0.15, 0.2) is 64.6 Å². The van der Waals surface area contributed by atoms with Gasteiger partial charge in [-0.2, -0.15) is 8.78 Å². The zero-order valence-electron chi connectivity index (χ0n) is 29.4. The molecule has 4 unspecified atom stereocenters. The molecule has 0 aromatic heterocycles. The molecule has 7 rings (SSSR count). The van der Waals surface area contributed by atoms with Gasteiger partial charge in [0.05, 0.1) is 23.7 Å². The molecular weight excluding hydrogens is 672 g/mol. The molecule has 1 saturated heterocycles. The molecule has 6 nitrogen and oxygen atoms in total. The molecule has 50 heavy (non-hydrogen) atoms. The highest BCUT2D eigenvalue weighted by Gasteiger charge is 2.77. The van der Waals surface area contributed by atoms with E-state index in [2.05, 4.69) is 13.8 Å². The largest absolute Gasteiger partial charge is 0.385 e. The van der Waals surface area contributed by atoms with Crippen molar-refractivity contribution in [3.63, 3.8) is 0 Å². The number of rotatable bonds is 5. The maximum Gasteiger partial charge on any atom is 0.338 e. The molecule has 3 saturated carbocycles. The van der Waals surface area contributed by atoms with Crippen molar-refractivity contribution in [2.45, 2.75) is 119 Å². The predicted molar refractivity (Wildman–Crippen MR) is 181 cm³/mol. The van der Waals surface area contributed by atoms with Gasteiger partial charge in [0, 0.05) is 42.8 Å². The average Bonchev–Trinajstić information content (AvgIpc) is 3.32. The van der Waals surface area contributed by atoms with Crippen molar-refractivity contribution in [3.05, 3.63) is 65.2 Å². The van der Waals surface area contributed by atoms with Gasteiger partial charge in [-0.25, -0.2) is 17.2 Å². The molecule has 5 aliphatic rings. The van der Waals surface area contributed by atoms with Gasteiger partial charge in [0.15, 0.2) is 15.6 Å². The Morgan fingerprint density at radius 1 is 0.840 bits per heavy atom. The molecule has 1 heterocycles. The highest BCUT2D eigenvalue weighted by Crippen LogP contribution is 2.71. The summed E-state index contributed by atoms with van der Waals surface area (Å²) in [4.78, 5) is 0.202. The maximum atomic E-state index is 15.8. The Labute approximate surface area is 292 Å². The third kappa shape index (κ3) is 5.43. The summed E-state index contributed by atoms with van der Waals surface area (Å²) < 4.78 is 97.5. The summed E-state index contributed by atoms with van der Waals surface area (Å²) in [6, 6.07) is 14.1. The fraction of sp³-hybridized carbons (Fsp3) is 0.641. The molecule has 0 bridgehead atoms. The van der Waals surface area contributed by atoms with Crippen LogP contribution < -0.4 is 0 Å². The number of halogens is 4. The van der Waals surface area contributed by atoms with Crippen LogP contribution in [0.25, 0.3) is 11.1 Å². The molecular formula is C39H48F4O6S. The van der Waals surface area contributed by atoms with Crippen LogP contribution in [0.4, 0.5) is 17.6 Å². The summed E-state index contributed by atoms with van der Waals surface area (Å²) >= 11 is 0. The third-order valence-corrected chi connectivity index (χ3v) is 14.1. The van der Waals surface area contributed by atoms with Crippen molar-refractivity contribution in [2.24, 2.45) is 22.7 Å². The molecule has 1 aliphatic heterocycles. The van der Waals surface area contributed by atoms with Gasteiger partial charge in [-0.1, -0.05) is 62.7 Å². The molecule has 0 radical (unpaired) electrons. The lowest BCUT2D eigenvalue weighted by Gasteiger charge is -2.59. The number of ether oxygens (including phenoxy) is 2. The quantitative estimate of drug-likeness (QED) is 0.240. The van der Waals surface area contributed by atoms with Gasteiger partial charge in [0.2, 0.25) is 0 Å². The van der Waals surface area contributed by atoms with Crippen LogP contribution in [-0.2, 0) is 19.3 Å². The Morgan fingerprint density at radius 3 is 1.98 bits per heavy atom. The van der Waals surface area contributed by atoms with Crippen LogP contribution >= 0.6 is 0 Å². The molecule has 274 valence electrons. The number of hydrogen-bond acceptors (Lipinski definition) is 6. The minimum Gasteiger partial charge on any atom is -0.385 e. The van der Waals surface area contributed by atoms with E-state index in [0.717, 1.165) is 34.1 Å². The van der Waals surface area contributed by atoms with Crippen LogP contribution in [0.1, 0.15) is 90.5 Å². The van der Waals surface area contributed by atoms with Gasteiger partial charge in [-0.15, -0.1) is 0 Å². The van der Waals surface area contributed by atoms with Crippen LogP contribution in [0.3, 0.4) is 0 Å². The molecule has 4 fully saturated rings. The molecule has 2 N–H and O–H groups in total. The van der Waals surface area contributed by atoms with Gasteiger partial charge in [-0.3, -0.25) is 0 Å². The monoisotopic (exact) mass is 720 g/mol. The zero-order valence-corrected chi connectivity index (χ0v) is 30.2. The van der Waals surface area contributed by atoms with E-state index in [1.54, 1.807) is 31.2 Å². The molecule has 2 aromatic carbocycles. The van der Waals surface area contributed by atoms with Crippen LogP contribution in [0, 0.1) is 22.7 Å². The highest BCUT2D eigenvalue weighted by atomic mass is 32.2. The predicted octanol–water partition coefficient (Wildman–Crippen LogP) is 8.07. The number of hydrogen-bond donors (Lipinski definition) is 2. The number of fused-ring (bicyclic) bond motifs is 4. The van der Waals surface area contributed by atoms with Crippen molar-refractivity contribution in [1.82, 2.24) is 0 Å². The number of allylic oxidation sites excluding steroid dienone is 1. The van der Waals surface area contributed by atoms with Gasteiger partial charge >= 0.3 is 11.8 Å². The van der Waals surface area contributed by atoms with E-state index >= 15 is 8.78 Å². The molecule has 2 aromatic rings. The summed E-state index contributed by atoms with van der Waals surface area (Å²) in [5.41, 5.74) is -1.63. The SMILES string of the molecule is CC1(C)COC2(CCC3=C4C(c5ccc(-c6ccc(S(C)(=O)=O)cc6)cc5)CC5(C)C(CC[C@@]5(O)C(F)(F)C(C)(F)F)C4CC[C@@]3(O)C2)OC1. The van der Waals surface area contributed by atoms with Gasteiger partial charge < -0.3 is 19.7 Å². The van der Waals surface area contributed by atoms with Crippen LogP contribution in [0.5, 0.6) is 0 Å². The van der Waals surface area contributed by atoms with Gasteiger partial charge in [0.25, 0.3) is 0 Å². The van der Waals surface area contributed by atoms with E-state index in [4.69, 9.17) is 9.47 Å². The molecule has 4 aliphatic carbocycles. The van der Waals surface area contributed by atoms with E-state index in [1.807, 2.05) is 24.3 Å². The Balaban J connectivity index is 1.31. The lowest BCUT2D eigenvalue weighted by molar-refractivity contribution is -0.323. The second-order valence-corrected chi connectivity index (χ2v) is 19.0.